The van der Waals surface area contributed by atoms with Crippen LogP contribution in [0, 0.1) is 0 Å². The van der Waals surface area contributed by atoms with E-state index in [2.05, 4.69) is 60.1 Å². The predicted octanol–water partition coefficient (Wildman–Crippen LogP) is 1.75. The van der Waals surface area contributed by atoms with Gasteiger partial charge in [0.15, 0.2) is 5.82 Å². The summed E-state index contributed by atoms with van der Waals surface area (Å²) in [4.78, 5) is 10.2. The smallest absolute Gasteiger partial charge is 0.244 e. The number of hydrogen-bond donors (Lipinski definition) is 3. The number of anilines is 2. The van der Waals surface area contributed by atoms with Crippen molar-refractivity contribution in [3.63, 3.8) is 0 Å². The Kier molecular flexibility index (Phi) is 5.76. The summed E-state index contributed by atoms with van der Waals surface area (Å²) in [6.45, 7) is 6.17. The lowest BCUT2D eigenvalue weighted by molar-refractivity contribution is 0.0398. The average molecular weight is 367 g/mol. The largest absolute Gasteiger partial charge is 0.379 e. The first-order valence-electron chi connectivity index (χ1n) is 9.41. The van der Waals surface area contributed by atoms with E-state index in [9.17, 15) is 0 Å². The quantitative estimate of drug-likeness (QED) is 0.559. The Bertz CT molecular complexity index is 860. The molecule has 1 saturated heterocycles. The second kappa shape index (κ2) is 8.79. The van der Waals surface area contributed by atoms with E-state index in [1.165, 1.54) is 10.9 Å². The van der Waals surface area contributed by atoms with Gasteiger partial charge in [-0.25, -0.2) is 0 Å². The fourth-order valence-electron chi connectivity index (χ4n) is 3.28. The van der Waals surface area contributed by atoms with Crippen LogP contribution in [-0.4, -0.2) is 71.0 Å². The van der Waals surface area contributed by atoms with Crippen molar-refractivity contribution in [3.05, 3.63) is 42.2 Å². The Hall–Kier alpha value is -2.71. The third kappa shape index (κ3) is 4.72. The zero-order valence-corrected chi connectivity index (χ0v) is 15.3. The molecule has 27 heavy (non-hydrogen) atoms. The summed E-state index contributed by atoms with van der Waals surface area (Å²) in [5.74, 6) is 1.29. The number of nitrogens with zero attached hydrogens (tertiary/aromatic N) is 4. The summed E-state index contributed by atoms with van der Waals surface area (Å²) < 4.78 is 5.37. The molecule has 3 N–H and O–H groups in total. The number of morpholine rings is 1. The van der Waals surface area contributed by atoms with Crippen molar-refractivity contribution in [2.75, 3.05) is 56.6 Å². The molecule has 8 heteroatoms. The van der Waals surface area contributed by atoms with Crippen LogP contribution in [0.15, 0.2) is 36.7 Å². The standard InChI is InChI=1S/C19H25N7O/c1-2-4-17-16(3-1)15(13-22-17)5-6-21-19-24-18(14-23-25-19)20-7-8-26-9-11-27-12-10-26/h1-4,13-14,22H,5-12H2,(H2,20,21,24,25). The maximum absolute atomic E-state index is 5.37. The summed E-state index contributed by atoms with van der Waals surface area (Å²) >= 11 is 0. The van der Waals surface area contributed by atoms with Gasteiger partial charge in [-0.3, -0.25) is 4.90 Å². The zero-order chi connectivity index (χ0) is 18.3. The normalized spacial score (nSPS) is 15.1. The molecule has 1 aliphatic heterocycles. The first kappa shape index (κ1) is 17.7. The Morgan fingerprint density at radius 1 is 1.11 bits per heavy atom. The van der Waals surface area contributed by atoms with Gasteiger partial charge in [-0.15, -0.1) is 5.10 Å². The summed E-state index contributed by atoms with van der Waals surface area (Å²) in [7, 11) is 0. The van der Waals surface area contributed by atoms with Crippen molar-refractivity contribution < 1.29 is 4.74 Å². The van der Waals surface area contributed by atoms with Crippen LogP contribution >= 0.6 is 0 Å². The van der Waals surface area contributed by atoms with Crippen molar-refractivity contribution in [1.29, 1.82) is 0 Å². The van der Waals surface area contributed by atoms with E-state index in [1.807, 2.05) is 6.07 Å². The van der Waals surface area contributed by atoms with Crippen LogP contribution in [0.1, 0.15) is 5.56 Å². The number of aromatic nitrogens is 4. The van der Waals surface area contributed by atoms with E-state index in [-0.39, 0.29) is 0 Å². The third-order valence-corrected chi connectivity index (χ3v) is 4.75. The van der Waals surface area contributed by atoms with Gasteiger partial charge in [0.05, 0.1) is 19.4 Å². The molecule has 0 amide bonds. The first-order valence-corrected chi connectivity index (χ1v) is 9.41. The minimum Gasteiger partial charge on any atom is -0.379 e. The Morgan fingerprint density at radius 2 is 2.00 bits per heavy atom. The van der Waals surface area contributed by atoms with Gasteiger partial charge < -0.3 is 20.4 Å². The zero-order valence-electron chi connectivity index (χ0n) is 15.3. The van der Waals surface area contributed by atoms with Gasteiger partial charge in [0.25, 0.3) is 0 Å². The van der Waals surface area contributed by atoms with E-state index in [0.717, 1.165) is 63.7 Å². The van der Waals surface area contributed by atoms with Crippen LogP contribution in [0.2, 0.25) is 0 Å². The lowest BCUT2D eigenvalue weighted by Gasteiger charge is -2.26. The SMILES string of the molecule is c1ccc2c(CCNc3nncc(NCCN4CCOCC4)n3)c[nH]c2c1. The number of rotatable bonds is 8. The van der Waals surface area contributed by atoms with Gasteiger partial charge >= 0.3 is 0 Å². The highest BCUT2D eigenvalue weighted by Crippen LogP contribution is 2.18. The number of H-pyrrole nitrogens is 1. The first-order chi connectivity index (χ1) is 13.4. The number of nitrogens with one attached hydrogen (secondary N) is 3. The van der Waals surface area contributed by atoms with E-state index < -0.39 is 0 Å². The van der Waals surface area contributed by atoms with Gasteiger partial charge in [-0.05, 0) is 18.1 Å². The Balaban J connectivity index is 1.25. The van der Waals surface area contributed by atoms with Gasteiger partial charge in [-0.2, -0.15) is 10.1 Å². The van der Waals surface area contributed by atoms with Crippen LogP contribution in [-0.2, 0) is 11.2 Å². The molecule has 0 aliphatic carbocycles. The van der Waals surface area contributed by atoms with Crippen molar-refractivity contribution >= 4 is 22.7 Å². The van der Waals surface area contributed by atoms with Crippen molar-refractivity contribution in [3.8, 4) is 0 Å². The summed E-state index contributed by atoms with van der Waals surface area (Å²) in [6, 6.07) is 8.33. The highest BCUT2D eigenvalue weighted by molar-refractivity contribution is 5.83. The van der Waals surface area contributed by atoms with Crippen LogP contribution in [0.3, 0.4) is 0 Å². The molecule has 0 radical (unpaired) electrons. The fourth-order valence-corrected chi connectivity index (χ4v) is 3.28. The maximum Gasteiger partial charge on any atom is 0.244 e. The fraction of sp³-hybridized carbons (Fsp3) is 0.421. The monoisotopic (exact) mass is 367 g/mol. The molecule has 1 aliphatic rings. The minimum absolute atomic E-state index is 0.547. The number of fused-ring (bicyclic) bond motifs is 1. The topological polar surface area (TPSA) is 91.0 Å². The molecule has 0 spiro atoms. The van der Waals surface area contributed by atoms with Crippen molar-refractivity contribution in [2.45, 2.75) is 6.42 Å². The Morgan fingerprint density at radius 3 is 2.93 bits per heavy atom. The van der Waals surface area contributed by atoms with E-state index in [1.54, 1.807) is 6.20 Å². The van der Waals surface area contributed by atoms with E-state index in [0.29, 0.717) is 5.95 Å². The second-order valence-electron chi connectivity index (χ2n) is 6.58. The highest BCUT2D eigenvalue weighted by atomic mass is 16.5. The molecule has 8 nitrogen and oxygen atoms in total. The lowest BCUT2D eigenvalue weighted by Crippen LogP contribution is -2.39. The maximum atomic E-state index is 5.37. The average Bonchev–Trinajstić information content (AvgIpc) is 3.13. The number of hydrogen-bond acceptors (Lipinski definition) is 7. The van der Waals surface area contributed by atoms with Crippen molar-refractivity contribution in [2.24, 2.45) is 0 Å². The predicted molar refractivity (Wildman–Crippen MR) is 106 cm³/mol. The second-order valence-corrected chi connectivity index (χ2v) is 6.58. The highest BCUT2D eigenvalue weighted by Gasteiger charge is 2.09. The van der Waals surface area contributed by atoms with Crippen LogP contribution in [0.5, 0.6) is 0 Å². The number of benzene rings is 1. The molecule has 3 aromatic rings. The molecule has 1 fully saturated rings. The molecule has 3 heterocycles. The molecular weight excluding hydrogens is 342 g/mol. The molecule has 0 unspecified atom stereocenters. The Labute approximate surface area is 158 Å². The molecule has 0 saturated carbocycles. The molecule has 142 valence electrons. The number of aromatic amines is 1. The lowest BCUT2D eigenvalue weighted by atomic mass is 10.1. The number of ether oxygens (including phenoxy) is 1. The summed E-state index contributed by atoms with van der Waals surface area (Å²) in [5.41, 5.74) is 2.45. The van der Waals surface area contributed by atoms with E-state index >= 15 is 0 Å². The molecule has 0 bridgehead atoms. The van der Waals surface area contributed by atoms with E-state index in [4.69, 9.17) is 4.74 Å². The van der Waals surface area contributed by atoms with Crippen LogP contribution in [0.25, 0.3) is 10.9 Å². The van der Waals surface area contributed by atoms with Gasteiger partial charge in [0.2, 0.25) is 5.95 Å². The minimum atomic E-state index is 0.547. The molecular formula is C19H25N7O. The van der Waals surface area contributed by atoms with Gasteiger partial charge in [-0.1, -0.05) is 18.2 Å². The molecule has 4 rings (SSSR count). The molecule has 2 aromatic heterocycles. The van der Waals surface area contributed by atoms with Gasteiger partial charge in [0.1, 0.15) is 0 Å². The summed E-state index contributed by atoms with van der Waals surface area (Å²) in [6.07, 6.45) is 4.61. The van der Waals surface area contributed by atoms with Crippen molar-refractivity contribution in [1.82, 2.24) is 25.1 Å². The number of para-hydroxylation sites is 1. The summed E-state index contributed by atoms with van der Waals surface area (Å²) in [5, 5.41) is 16.0. The van der Waals surface area contributed by atoms with Crippen LogP contribution < -0.4 is 10.6 Å². The third-order valence-electron chi connectivity index (χ3n) is 4.75. The van der Waals surface area contributed by atoms with Crippen LogP contribution in [0.4, 0.5) is 11.8 Å². The molecule has 0 atom stereocenters. The van der Waals surface area contributed by atoms with Gasteiger partial charge in [0, 0.05) is 49.8 Å². The molecule has 1 aromatic carbocycles.